The Morgan fingerprint density at radius 3 is 2.92 bits per heavy atom. The van der Waals surface area contributed by atoms with E-state index in [0.29, 0.717) is 6.10 Å². The fraction of sp³-hybridized carbons (Fsp3) is 0.500. The van der Waals surface area contributed by atoms with E-state index in [1.165, 1.54) is 12.8 Å². The lowest BCUT2D eigenvalue weighted by Crippen LogP contribution is -2.01. The van der Waals surface area contributed by atoms with Crippen molar-refractivity contribution in [2.75, 3.05) is 0 Å². The van der Waals surface area contributed by atoms with Gasteiger partial charge in [-0.1, -0.05) is 15.9 Å². The highest BCUT2D eigenvalue weighted by Crippen LogP contribution is 2.29. The SMILES string of the molecule is Cc1ccc(OC2CC2)c(CBr)n1. The number of nitrogens with zero attached hydrogens (tertiary/aromatic N) is 1. The average molecular weight is 242 g/mol. The Bertz CT molecular complexity index is 310. The smallest absolute Gasteiger partial charge is 0.142 e. The van der Waals surface area contributed by atoms with Gasteiger partial charge < -0.3 is 4.74 Å². The minimum Gasteiger partial charge on any atom is -0.488 e. The summed E-state index contributed by atoms with van der Waals surface area (Å²) in [6.07, 6.45) is 2.83. The van der Waals surface area contributed by atoms with Crippen LogP contribution >= 0.6 is 15.9 Å². The van der Waals surface area contributed by atoms with Gasteiger partial charge in [-0.2, -0.15) is 0 Å². The molecule has 1 heterocycles. The summed E-state index contributed by atoms with van der Waals surface area (Å²) in [6.45, 7) is 1.99. The maximum Gasteiger partial charge on any atom is 0.142 e. The van der Waals surface area contributed by atoms with Crippen molar-refractivity contribution in [3.63, 3.8) is 0 Å². The quantitative estimate of drug-likeness (QED) is 0.760. The van der Waals surface area contributed by atoms with Crippen LogP contribution < -0.4 is 4.74 Å². The van der Waals surface area contributed by atoms with Gasteiger partial charge in [-0.25, -0.2) is 0 Å². The lowest BCUT2D eigenvalue weighted by atomic mass is 10.3. The highest BCUT2D eigenvalue weighted by Gasteiger charge is 2.24. The van der Waals surface area contributed by atoms with Gasteiger partial charge in [0.25, 0.3) is 0 Å². The Morgan fingerprint density at radius 1 is 1.54 bits per heavy atom. The highest BCUT2D eigenvalue weighted by atomic mass is 79.9. The lowest BCUT2D eigenvalue weighted by molar-refractivity contribution is 0.299. The molecule has 1 fully saturated rings. The molecule has 3 heteroatoms. The zero-order valence-electron chi connectivity index (χ0n) is 7.59. The van der Waals surface area contributed by atoms with Crippen LogP contribution in [0, 0.1) is 6.92 Å². The predicted octanol–water partition coefficient (Wildman–Crippen LogP) is 2.83. The van der Waals surface area contributed by atoms with Crippen molar-refractivity contribution >= 4 is 15.9 Å². The molecular formula is C10H12BrNO. The molecule has 0 N–H and O–H groups in total. The van der Waals surface area contributed by atoms with E-state index < -0.39 is 0 Å². The molecule has 0 unspecified atom stereocenters. The molecule has 0 amide bonds. The first kappa shape index (κ1) is 9.00. The standard InChI is InChI=1S/C10H12BrNO/c1-7-2-5-10(9(6-11)12-7)13-8-3-4-8/h2,5,8H,3-4,6H2,1H3. The number of rotatable bonds is 3. The molecule has 1 aliphatic carbocycles. The second kappa shape index (κ2) is 3.66. The Morgan fingerprint density at radius 2 is 2.31 bits per heavy atom. The number of ether oxygens (including phenoxy) is 1. The van der Waals surface area contributed by atoms with Crippen LogP contribution in [0.4, 0.5) is 0 Å². The van der Waals surface area contributed by atoms with Crippen LogP contribution in [0.3, 0.4) is 0 Å². The van der Waals surface area contributed by atoms with Crippen molar-refractivity contribution in [3.8, 4) is 5.75 Å². The van der Waals surface area contributed by atoms with E-state index in [-0.39, 0.29) is 0 Å². The average Bonchev–Trinajstić information content (AvgIpc) is 2.92. The van der Waals surface area contributed by atoms with Crippen LogP contribution in [0.2, 0.25) is 0 Å². The van der Waals surface area contributed by atoms with Gasteiger partial charge in [-0.05, 0) is 31.9 Å². The monoisotopic (exact) mass is 241 g/mol. The van der Waals surface area contributed by atoms with Gasteiger partial charge in [0.2, 0.25) is 0 Å². The number of hydrogen-bond acceptors (Lipinski definition) is 2. The summed E-state index contributed by atoms with van der Waals surface area (Å²) in [5.74, 6) is 0.935. The van der Waals surface area contributed by atoms with Crippen molar-refractivity contribution in [1.82, 2.24) is 4.98 Å². The molecule has 0 bridgehead atoms. The number of aromatic nitrogens is 1. The molecule has 0 spiro atoms. The fourth-order valence-electron chi connectivity index (χ4n) is 1.17. The topological polar surface area (TPSA) is 22.1 Å². The normalized spacial score (nSPS) is 15.8. The minimum atomic E-state index is 0.447. The first-order valence-corrected chi connectivity index (χ1v) is 5.61. The highest BCUT2D eigenvalue weighted by molar-refractivity contribution is 9.08. The summed E-state index contributed by atoms with van der Waals surface area (Å²) in [7, 11) is 0. The lowest BCUT2D eigenvalue weighted by Gasteiger charge is -2.08. The van der Waals surface area contributed by atoms with Gasteiger partial charge in [0.05, 0.1) is 11.8 Å². The van der Waals surface area contributed by atoms with E-state index in [0.717, 1.165) is 22.5 Å². The second-order valence-corrected chi connectivity index (χ2v) is 3.91. The third-order valence-corrected chi connectivity index (χ3v) is 2.55. The van der Waals surface area contributed by atoms with E-state index in [4.69, 9.17) is 4.74 Å². The van der Waals surface area contributed by atoms with Gasteiger partial charge in [0.15, 0.2) is 0 Å². The number of alkyl halides is 1. The van der Waals surface area contributed by atoms with Crippen molar-refractivity contribution in [1.29, 1.82) is 0 Å². The van der Waals surface area contributed by atoms with Gasteiger partial charge in [-0.15, -0.1) is 0 Å². The number of halogens is 1. The van der Waals surface area contributed by atoms with E-state index in [1.54, 1.807) is 0 Å². The van der Waals surface area contributed by atoms with Crippen molar-refractivity contribution in [3.05, 3.63) is 23.5 Å². The van der Waals surface area contributed by atoms with E-state index >= 15 is 0 Å². The summed E-state index contributed by atoms with van der Waals surface area (Å²) in [5, 5.41) is 0.761. The molecule has 0 radical (unpaired) electrons. The van der Waals surface area contributed by atoms with Crippen molar-refractivity contribution in [2.45, 2.75) is 31.2 Å². The third-order valence-electron chi connectivity index (χ3n) is 2.02. The molecule has 0 aromatic carbocycles. The molecule has 2 nitrogen and oxygen atoms in total. The molecule has 1 aromatic heterocycles. The van der Waals surface area contributed by atoms with Crippen LogP contribution in [0.15, 0.2) is 12.1 Å². The van der Waals surface area contributed by atoms with E-state index in [9.17, 15) is 0 Å². The van der Waals surface area contributed by atoms with Gasteiger partial charge >= 0.3 is 0 Å². The van der Waals surface area contributed by atoms with Gasteiger partial charge in [-0.3, -0.25) is 4.98 Å². The zero-order chi connectivity index (χ0) is 9.26. The Labute approximate surface area is 86.5 Å². The molecule has 2 rings (SSSR count). The fourth-order valence-corrected chi connectivity index (χ4v) is 1.57. The molecule has 13 heavy (non-hydrogen) atoms. The van der Waals surface area contributed by atoms with Crippen LogP contribution in [0.1, 0.15) is 24.2 Å². The molecule has 0 aliphatic heterocycles. The number of hydrogen-bond donors (Lipinski definition) is 0. The summed E-state index contributed by atoms with van der Waals surface area (Å²) >= 11 is 3.41. The summed E-state index contributed by atoms with van der Waals surface area (Å²) in [5.41, 5.74) is 2.05. The largest absolute Gasteiger partial charge is 0.488 e. The molecule has 1 aliphatic rings. The molecule has 1 saturated carbocycles. The molecule has 70 valence electrons. The van der Waals surface area contributed by atoms with Crippen molar-refractivity contribution < 1.29 is 4.74 Å². The molecule has 0 saturated heterocycles. The third kappa shape index (κ3) is 2.21. The number of aryl methyl sites for hydroxylation is 1. The van der Waals surface area contributed by atoms with Gasteiger partial charge in [0.1, 0.15) is 5.75 Å². The van der Waals surface area contributed by atoms with Crippen LogP contribution in [-0.2, 0) is 5.33 Å². The maximum atomic E-state index is 5.71. The Balaban J connectivity index is 2.21. The van der Waals surface area contributed by atoms with E-state index in [1.807, 2.05) is 19.1 Å². The number of pyridine rings is 1. The maximum absolute atomic E-state index is 5.71. The second-order valence-electron chi connectivity index (χ2n) is 3.35. The van der Waals surface area contributed by atoms with Gasteiger partial charge in [0, 0.05) is 11.0 Å². The van der Waals surface area contributed by atoms with Crippen LogP contribution in [0.5, 0.6) is 5.75 Å². The van der Waals surface area contributed by atoms with Crippen LogP contribution in [-0.4, -0.2) is 11.1 Å². The summed E-state index contributed by atoms with van der Waals surface area (Å²) in [6, 6.07) is 4.00. The van der Waals surface area contributed by atoms with E-state index in [2.05, 4.69) is 20.9 Å². The predicted molar refractivity (Wildman–Crippen MR) is 55.3 cm³/mol. The van der Waals surface area contributed by atoms with Crippen LogP contribution in [0.25, 0.3) is 0 Å². The minimum absolute atomic E-state index is 0.447. The first-order valence-electron chi connectivity index (χ1n) is 4.49. The zero-order valence-corrected chi connectivity index (χ0v) is 9.17. The Hall–Kier alpha value is -0.570. The Kier molecular flexibility index (Phi) is 2.54. The van der Waals surface area contributed by atoms with Crippen molar-refractivity contribution in [2.24, 2.45) is 0 Å². The molecule has 1 aromatic rings. The molecule has 0 atom stereocenters. The summed E-state index contributed by atoms with van der Waals surface area (Å²) in [4.78, 5) is 4.40. The summed E-state index contributed by atoms with van der Waals surface area (Å²) < 4.78 is 5.71. The molecular weight excluding hydrogens is 230 g/mol. The first-order chi connectivity index (χ1) is 6.29.